The standard InChI is InChI=1S/C44H27NOS/c1-2-11-31(12-3-1)45(39-17-8-16-36-35-14-6-7-19-42(35)47-44(36)39)32-24-25-40-38(27-32)43-34(15-9-18-41(43)46-40)30-23-22-29-21-20-28-10-4-5-13-33(28)37(29)26-30/h1-27H. The van der Waals surface area contributed by atoms with Gasteiger partial charge in [0, 0.05) is 37.6 Å². The summed E-state index contributed by atoms with van der Waals surface area (Å²) in [4.78, 5) is 2.39. The largest absolute Gasteiger partial charge is 0.456 e. The van der Waals surface area contributed by atoms with Crippen molar-refractivity contribution in [3.63, 3.8) is 0 Å². The van der Waals surface area contributed by atoms with E-state index in [4.69, 9.17) is 4.42 Å². The van der Waals surface area contributed by atoms with E-state index in [0.29, 0.717) is 0 Å². The van der Waals surface area contributed by atoms with E-state index in [1.807, 2.05) is 11.3 Å². The lowest BCUT2D eigenvalue weighted by Crippen LogP contribution is -2.09. The van der Waals surface area contributed by atoms with Crippen molar-refractivity contribution in [2.24, 2.45) is 0 Å². The van der Waals surface area contributed by atoms with Crippen molar-refractivity contribution in [1.82, 2.24) is 0 Å². The SMILES string of the molecule is c1ccc(N(c2ccc3oc4cccc(-c5ccc6ccc7ccccc7c6c5)c4c3c2)c2cccc3c2sc2ccccc23)cc1. The van der Waals surface area contributed by atoms with Crippen LogP contribution < -0.4 is 4.90 Å². The van der Waals surface area contributed by atoms with Crippen LogP contribution in [0.15, 0.2) is 168 Å². The first-order valence-corrected chi connectivity index (χ1v) is 16.7. The normalized spacial score (nSPS) is 11.8. The second-order valence-corrected chi connectivity index (χ2v) is 13.2. The maximum absolute atomic E-state index is 6.51. The van der Waals surface area contributed by atoms with Gasteiger partial charge in [0.25, 0.3) is 0 Å². The van der Waals surface area contributed by atoms with Crippen molar-refractivity contribution in [2.45, 2.75) is 0 Å². The monoisotopic (exact) mass is 617 g/mol. The number of benzene rings is 8. The molecule has 0 aliphatic rings. The van der Waals surface area contributed by atoms with Crippen LogP contribution in [0.1, 0.15) is 0 Å². The fourth-order valence-corrected chi connectivity index (χ4v) is 8.48. The summed E-state index contributed by atoms with van der Waals surface area (Å²) in [7, 11) is 0. The number of nitrogens with zero attached hydrogens (tertiary/aromatic N) is 1. The Morgan fingerprint density at radius 3 is 2.11 bits per heavy atom. The summed E-state index contributed by atoms with van der Waals surface area (Å²) in [6, 6.07) is 59.0. The highest BCUT2D eigenvalue weighted by atomic mass is 32.1. The average Bonchev–Trinajstić information content (AvgIpc) is 3.71. The minimum Gasteiger partial charge on any atom is -0.456 e. The molecule has 8 aromatic carbocycles. The molecule has 220 valence electrons. The Kier molecular flexibility index (Phi) is 5.78. The highest BCUT2D eigenvalue weighted by Crippen LogP contribution is 2.46. The minimum absolute atomic E-state index is 0.885. The zero-order valence-corrected chi connectivity index (χ0v) is 26.2. The van der Waals surface area contributed by atoms with Gasteiger partial charge in [0.15, 0.2) is 0 Å². The van der Waals surface area contributed by atoms with Gasteiger partial charge in [-0.15, -0.1) is 11.3 Å². The Bertz CT molecular complexity index is 2810. The Morgan fingerprint density at radius 1 is 0.447 bits per heavy atom. The third-order valence-electron chi connectivity index (χ3n) is 9.43. The molecule has 0 aliphatic heterocycles. The van der Waals surface area contributed by atoms with Crippen molar-refractivity contribution in [3.05, 3.63) is 164 Å². The van der Waals surface area contributed by atoms with Crippen LogP contribution in [-0.4, -0.2) is 0 Å². The molecule has 0 aliphatic carbocycles. The summed E-state index contributed by atoms with van der Waals surface area (Å²) in [6.07, 6.45) is 0. The summed E-state index contributed by atoms with van der Waals surface area (Å²) >= 11 is 1.85. The number of hydrogen-bond donors (Lipinski definition) is 0. The molecule has 2 heterocycles. The molecule has 0 amide bonds. The number of furan rings is 1. The molecule has 2 nitrogen and oxygen atoms in total. The molecule has 2 aromatic heterocycles. The molecular weight excluding hydrogens is 591 g/mol. The zero-order valence-electron chi connectivity index (χ0n) is 25.4. The Balaban J connectivity index is 1.21. The molecule has 47 heavy (non-hydrogen) atoms. The first-order valence-electron chi connectivity index (χ1n) is 15.9. The van der Waals surface area contributed by atoms with Crippen LogP contribution in [-0.2, 0) is 0 Å². The van der Waals surface area contributed by atoms with Gasteiger partial charge in [-0.25, -0.2) is 0 Å². The molecule has 0 bridgehead atoms. The van der Waals surface area contributed by atoms with Gasteiger partial charge in [-0.2, -0.15) is 0 Å². The van der Waals surface area contributed by atoms with Crippen LogP contribution in [0.4, 0.5) is 17.1 Å². The number of thiophene rings is 1. The zero-order chi connectivity index (χ0) is 30.9. The lowest BCUT2D eigenvalue weighted by atomic mass is 9.95. The molecule has 3 heteroatoms. The van der Waals surface area contributed by atoms with Gasteiger partial charge in [0.2, 0.25) is 0 Å². The van der Waals surface area contributed by atoms with E-state index in [1.165, 1.54) is 58.5 Å². The van der Waals surface area contributed by atoms with Gasteiger partial charge in [-0.1, -0.05) is 109 Å². The summed E-state index contributed by atoms with van der Waals surface area (Å²) in [5.74, 6) is 0. The smallest absolute Gasteiger partial charge is 0.136 e. The van der Waals surface area contributed by atoms with Crippen molar-refractivity contribution < 1.29 is 4.42 Å². The molecule has 10 rings (SSSR count). The Labute approximate surface area is 275 Å². The predicted molar refractivity (Wildman–Crippen MR) is 202 cm³/mol. The molecule has 0 saturated heterocycles. The predicted octanol–water partition coefficient (Wildman–Crippen LogP) is 13.4. The van der Waals surface area contributed by atoms with E-state index in [2.05, 4.69) is 169 Å². The minimum atomic E-state index is 0.885. The molecule has 0 atom stereocenters. The van der Waals surface area contributed by atoms with Gasteiger partial charge in [-0.3, -0.25) is 0 Å². The van der Waals surface area contributed by atoms with Crippen LogP contribution in [0.25, 0.3) is 74.8 Å². The van der Waals surface area contributed by atoms with Crippen LogP contribution >= 0.6 is 11.3 Å². The summed E-state index contributed by atoms with van der Waals surface area (Å²) in [5, 5.41) is 9.85. The van der Waals surface area contributed by atoms with E-state index < -0.39 is 0 Å². The molecule has 0 N–H and O–H groups in total. The highest BCUT2D eigenvalue weighted by molar-refractivity contribution is 7.26. The Hall–Kier alpha value is -5.90. The molecule has 0 fully saturated rings. The topological polar surface area (TPSA) is 16.4 Å². The van der Waals surface area contributed by atoms with Crippen LogP contribution in [0.2, 0.25) is 0 Å². The number of hydrogen-bond acceptors (Lipinski definition) is 3. The first-order chi connectivity index (χ1) is 23.3. The summed E-state index contributed by atoms with van der Waals surface area (Å²) < 4.78 is 9.09. The van der Waals surface area contributed by atoms with Crippen molar-refractivity contribution in [1.29, 1.82) is 0 Å². The highest BCUT2D eigenvalue weighted by Gasteiger charge is 2.20. The number of rotatable bonds is 4. The lowest BCUT2D eigenvalue weighted by Gasteiger charge is -2.26. The third-order valence-corrected chi connectivity index (χ3v) is 10.6. The quantitative estimate of drug-likeness (QED) is 0.183. The first kappa shape index (κ1) is 26.3. The second kappa shape index (κ2) is 10.3. The van der Waals surface area contributed by atoms with Gasteiger partial charge in [0.1, 0.15) is 11.2 Å². The number of anilines is 3. The van der Waals surface area contributed by atoms with Crippen molar-refractivity contribution >= 4 is 92.1 Å². The summed E-state index contributed by atoms with van der Waals surface area (Å²) in [6.45, 7) is 0. The van der Waals surface area contributed by atoms with Gasteiger partial charge in [0.05, 0.1) is 10.4 Å². The average molecular weight is 618 g/mol. The maximum Gasteiger partial charge on any atom is 0.136 e. The fourth-order valence-electron chi connectivity index (χ4n) is 7.28. The van der Waals surface area contributed by atoms with Crippen LogP contribution in [0.3, 0.4) is 0 Å². The van der Waals surface area contributed by atoms with Crippen molar-refractivity contribution in [3.8, 4) is 11.1 Å². The molecular formula is C44H27NOS. The van der Waals surface area contributed by atoms with Gasteiger partial charge >= 0.3 is 0 Å². The van der Waals surface area contributed by atoms with E-state index in [9.17, 15) is 0 Å². The van der Waals surface area contributed by atoms with E-state index in [-0.39, 0.29) is 0 Å². The maximum atomic E-state index is 6.51. The molecule has 0 unspecified atom stereocenters. The fraction of sp³-hybridized carbons (Fsp3) is 0. The third kappa shape index (κ3) is 4.10. The molecule has 0 spiro atoms. The van der Waals surface area contributed by atoms with Crippen molar-refractivity contribution in [2.75, 3.05) is 4.90 Å². The van der Waals surface area contributed by atoms with Crippen LogP contribution in [0, 0.1) is 0 Å². The summed E-state index contributed by atoms with van der Waals surface area (Å²) in [5.41, 5.74) is 7.51. The molecule has 0 saturated carbocycles. The number of para-hydroxylation sites is 1. The van der Waals surface area contributed by atoms with E-state index in [1.54, 1.807) is 0 Å². The van der Waals surface area contributed by atoms with Gasteiger partial charge in [-0.05, 0) is 87.3 Å². The Morgan fingerprint density at radius 2 is 1.19 bits per heavy atom. The lowest BCUT2D eigenvalue weighted by molar-refractivity contribution is 0.669. The second-order valence-electron chi connectivity index (χ2n) is 12.1. The van der Waals surface area contributed by atoms with Crippen LogP contribution in [0.5, 0.6) is 0 Å². The van der Waals surface area contributed by atoms with Gasteiger partial charge < -0.3 is 9.32 Å². The number of fused-ring (bicyclic) bond motifs is 9. The molecule has 10 aromatic rings. The van der Waals surface area contributed by atoms with E-state index >= 15 is 0 Å². The molecule has 0 radical (unpaired) electrons. The van der Waals surface area contributed by atoms with E-state index in [0.717, 1.165) is 33.3 Å².